The Bertz CT molecular complexity index is 1220. The third-order valence-corrected chi connectivity index (χ3v) is 11.9. The van der Waals surface area contributed by atoms with Gasteiger partial charge in [-0.05, 0) is 89.9 Å². The molecule has 0 aliphatic carbocycles. The lowest BCUT2D eigenvalue weighted by atomic mass is 10.0. The fourth-order valence-electron chi connectivity index (χ4n) is 7.81. The molecule has 0 saturated carbocycles. The van der Waals surface area contributed by atoms with E-state index in [0.717, 1.165) is 109 Å². The Balaban J connectivity index is 4.29. The molecule has 0 heterocycles. The van der Waals surface area contributed by atoms with Gasteiger partial charge >= 0.3 is 11.9 Å². The number of hydrogen-bond donors (Lipinski definition) is 0. The number of ether oxygens (including phenoxy) is 3. The van der Waals surface area contributed by atoms with Gasteiger partial charge in [0, 0.05) is 19.4 Å². The van der Waals surface area contributed by atoms with Gasteiger partial charge in [-0.15, -0.1) is 0 Å². The van der Waals surface area contributed by atoms with Crippen LogP contribution in [0.15, 0.2) is 85.1 Å². The average molecular weight is 920 g/mol. The molecule has 0 aromatic carbocycles. The summed E-state index contributed by atoms with van der Waals surface area (Å²) in [6.07, 6.45) is 74.6. The van der Waals surface area contributed by atoms with E-state index in [0.29, 0.717) is 19.4 Å². The van der Waals surface area contributed by atoms with Crippen LogP contribution < -0.4 is 0 Å². The average Bonchev–Trinajstić information content (AvgIpc) is 3.32. The van der Waals surface area contributed by atoms with Gasteiger partial charge in [0.2, 0.25) is 0 Å². The lowest BCUT2D eigenvalue weighted by Crippen LogP contribution is -2.30. The molecule has 0 fully saturated rings. The number of esters is 2. The SMILES string of the molecule is CC/C=C\C/C=C\C/C=C\C/C=C\CCCCCCCCC(=O)OCC(COCCCCCCCCCCCCCCCCCCCC)OC(=O)CCCCC/C=C\C/C=C\C/C=C\CC. The van der Waals surface area contributed by atoms with Gasteiger partial charge in [-0.25, -0.2) is 0 Å². The zero-order valence-electron chi connectivity index (χ0n) is 43.7. The van der Waals surface area contributed by atoms with Crippen molar-refractivity contribution in [2.45, 2.75) is 271 Å². The van der Waals surface area contributed by atoms with E-state index in [2.05, 4.69) is 106 Å². The van der Waals surface area contributed by atoms with Crippen LogP contribution in [0.3, 0.4) is 0 Å². The first-order valence-electron chi connectivity index (χ1n) is 28.1. The highest BCUT2D eigenvalue weighted by atomic mass is 16.6. The van der Waals surface area contributed by atoms with Crippen LogP contribution in [0, 0.1) is 0 Å². The molecule has 1 unspecified atom stereocenters. The van der Waals surface area contributed by atoms with Crippen molar-refractivity contribution >= 4 is 11.9 Å². The van der Waals surface area contributed by atoms with Gasteiger partial charge in [0.25, 0.3) is 0 Å². The summed E-state index contributed by atoms with van der Waals surface area (Å²) >= 11 is 0. The molecule has 0 amide bonds. The molecule has 380 valence electrons. The summed E-state index contributed by atoms with van der Waals surface area (Å²) in [5.74, 6) is -0.441. The molecule has 1 atom stereocenters. The minimum absolute atomic E-state index is 0.0646. The Morgan fingerprint density at radius 2 is 0.682 bits per heavy atom. The van der Waals surface area contributed by atoms with Gasteiger partial charge in [0.15, 0.2) is 6.10 Å². The van der Waals surface area contributed by atoms with Crippen molar-refractivity contribution < 1.29 is 23.8 Å². The van der Waals surface area contributed by atoms with E-state index in [1.54, 1.807) is 0 Å². The van der Waals surface area contributed by atoms with Crippen LogP contribution in [-0.4, -0.2) is 37.9 Å². The van der Waals surface area contributed by atoms with Crippen molar-refractivity contribution in [2.75, 3.05) is 19.8 Å². The summed E-state index contributed by atoms with van der Waals surface area (Å²) in [6.45, 7) is 7.58. The first-order chi connectivity index (χ1) is 32.6. The van der Waals surface area contributed by atoms with Gasteiger partial charge in [0.05, 0.1) is 6.61 Å². The quantitative estimate of drug-likeness (QED) is 0.0346. The minimum atomic E-state index is -0.560. The highest BCUT2D eigenvalue weighted by Gasteiger charge is 2.17. The van der Waals surface area contributed by atoms with E-state index in [-0.39, 0.29) is 25.2 Å². The highest BCUT2D eigenvalue weighted by Crippen LogP contribution is 2.15. The number of hydrogen-bond acceptors (Lipinski definition) is 5. The second kappa shape index (κ2) is 56.4. The molecule has 0 rings (SSSR count). The van der Waals surface area contributed by atoms with E-state index in [1.165, 1.54) is 122 Å². The molecule has 0 radical (unpaired) electrons. The standard InChI is InChI=1S/C61H106O5/c1-4-7-10-13-16-19-22-25-27-29-31-32-34-37-39-42-45-48-51-54-60(62)65-58-59(66-61(63)55-52-49-46-43-40-36-24-21-18-15-12-9-6-3)57-64-56-53-50-47-44-41-38-35-33-30-28-26-23-20-17-14-11-8-5-2/h7,9-10,12,16,18-19,21,25,27,31-32,36,40,59H,4-6,8,11,13-15,17,20,22-24,26,28-30,33-35,37-39,41-58H2,1-3H3/b10-7-,12-9-,19-16-,21-18-,27-25-,32-31-,40-36-. The molecule has 0 aromatic heterocycles. The van der Waals surface area contributed by atoms with Crippen LogP contribution in [0.5, 0.6) is 0 Å². The maximum absolute atomic E-state index is 12.8. The third kappa shape index (κ3) is 53.7. The Hall–Kier alpha value is -2.92. The van der Waals surface area contributed by atoms with Crippen LogP contribution >= 0.6 is 0 Å². The van der Waals surface area contributed by atoms with Gasteiger partial charge < -0.3 is 14.2 Å². The number of carbonyl (C=O) groups is 2. The number of unbranched alkanes of at least 4 members (excludes halogenated alkanes) is 26. The topological polar surface area (TPSA) is 61.8 Å². The van der Waals surface area contributed by atoms with Crippen molar-refractivity contribution in [2.24, 2.45) is 0 Å². The lowest BCUT2D eigenvalue weighted by Gasteiger charge is -2.18. The number of allylic oxidation sites excluding steroid dienone is 14. The fraction of sp³-hybridized carbons (Fsp3) is 0.738. The summed E-state index contributed by atoms with van der Waals surface area (Å²) in [7, 11) is 0. The summed E-state index contributed by atoms with van der Waals surface area (Å²) in [5.41, 5.74) is 0. The van der Waals surface area contributed by atoms with Crippen LogP contribution in [0.25, 0.3) is 0 Å². The Morgan fingerprint density at radius 1 is 0.348 bits per heavy atom. The highest BCUT2D eigenvalue weighted by molar-refractivity contribution is 5.70. The van der Waals surface area contributed by atoms with Crippen molar-refractivity contribution in [1.29, 1.82) is 0 Å². The smallest absolute Gasteiger partial charge is 0.306 e. The van der Waals surface area contributed by atoms with Crippen LogP contribution in [0.2, 0.25) is 0 Å². The van der Waals surface area contributed by atoms with Gasteiger partial charge in [-0.3, -0.25) is 9.59 Å². The van der Waals surface area contributed by atoms with E-state index in [9.17, 15) is 9.59 Å². The summed E-state index contributed by atoms with van der Waals surface area (Å²) in [5, 5.41) is 0. The van der Waals surface area contributed by atoms with Gasteiger partial charge in [-0.1, -0.05) is 247 Å². The van der Waals surface area contributed by atoms with E-state index in [1.807, 2.05) is 0 Å². The first-order valence-corrected chi connectivity index (χ1v) is 28.1. The Kier molecular flexibility index (Phi) is 53.9. The molecule has 5 nitrogen and oxygen atoms in total. The number of carbonyl (C=O) groups excluding carboxylic acids is 2. The molecule has 0 aromatic rings. The van der Waals surface area contributed by atoms with Crippen LogP contribution in [-0.2, 0) is 23.8 Å². The van der Waals surface area contributed by atoms with Gasteiger partial charge in [0.1, 0.15) is 6.61 Å². The second-order valence-corrected chi connectivity index (χ2v) is 18.4. The lowest BCUT2D eigenvalue weighted by molar-refractivity contribution is -0.163. The molecule has 0 aliphatic rings. The zero-order chi connectivity index (χ0) is 47.7. The fourth-order valence-corrected chi connectivity index (χ4v) is 7.81. The maximum atomic E-state index is 12.8. The number of rotatable bonds is 51. The largest absolute Gasteiger partial charge is 0.462 e. The Labute approximate surface area is 409 Å². The molecular weight excluding hydrogens is 813 g/mol. The monoisotopic (exact) mass is 919 g/mol. The minimum Gasteiger partial charge on any atom is -0.462 e. The molecule has 0 saturated heterocycles. The predicted octanol–water partition coefficient (Wildman–Crippen LogP) is 19.2. The molecule has 0 aliphatic heterocycles. The van der Waals surface area contributed by atoms with Crippen molar-refractivity contribution in [1.82, 2.24) is 0 Å². The predicted molar refractivity (Wildman–Crippen MR) is 288 cm³/mol. The molecular formula is C61H106O5. The summed E-state index contributed by atoms with van der Waals surface area (Å²) < 4.78 is 17.4. The normalized spacial score (nSPS) is 12.8. The van der Waals surface area contributed by atoms with E-state index >= 15 is 0 Å². The second-order valence-electron chi connectivity index (χ2n) is 18.4. The van der Waals surface area contributed by atoms with Crippen LogP contribution in [0.4, 0.5) is 0 Å². The summed E-state index contributed by atoms with van der Waals surface area (Å²) in [6, 6.07) is 0. The summed E-state index contributed by atoms with van der Waals surface area (Å²) in [4.78, 5) is 25.5. The van der Waals surface area contributed by atoms with Gasteiger partial charge in [-0.2, -0.15) is 0 Å². The third-order valence-electron chi connectivity index (χ3n) is 11.9. The van der Waals surface area contributed by atoms with E-state index < -0.39 is 6.10 Å². The molecule has 0 bridgehead atoms. The Morgan fingerprint density at radius 3 is 1.11 bits per heavy atom. The van der Waals surface area contributed by atoms with E-state index in [4.69, 9.17) is 14.2 Å². The maximum Gasteiger partial charge on any atom is 0.306 e. The zero-order valence-corrected chi connectivity index (χ0v) is 43.7. The molecule has 0 N–H and O–H groups in total. The van der Waals surface area contributed by atoms with Crippen molar-refractivity contribution in [3.05, 3.63) is 85.1 Å². The van der Waals surface area contributed by atoms with Crippen LogP contribution in [0.1, 0.15) is 265 Å². The molecule has 66 heavy (non-hydrogen) atoms. The van der Waals surface area contributed by atoms with Crippen molar-refractivity contribution in [3.63, 3.8) is 0 Å². The van der Waals surface area contributed by atoms with Crippen molar-refractivity contribution in [3.8, 4) is 0 Å². The first kappa shape index (κ1) is 63.1. The molecule has 0 spiro atoms. The molecule has 5 heteroatoms.